The number of hydrogen-bond acceptors (Lipinski definition) is 1. The molecule has 1 heteroatoms. The molecule has 0 aromatic heterocycles. The Labute approximate surface area is 102 Å². The molecule has 0 fully saturated rings. The molecule has 0 amide bonds. The van der Waals surface area contributed by atoms with E-state index in [1.165, 1.54) is 48.9 Å². The zero-order chi connectivity index (χ0) is 11.8. The molecule has 0 spiro atoms. The Kier molecular flexibility index (Phi) is 5.99. The molecule has 16 heavy (non-hydrogen) atoms. The highest BCUT2D eigenvalue weighted by atomic mass is 14.9. The standard InChI is InChI=1S/C15H25N.H2/c1-4-5-6-8-13(2)10-11-15-9-7-12-16-14(15)3;/h10-11,16H,2,4-9,12H2,1,3H3;1H/b11-10-;. The van der Waals surface area contributed by atoms with Crippen LogP contribution < -0.4 is 5.32 Å². The van der Waals surface area contributed by atoms with Crippen molar-refractivity contribution < 1.29 is 1.43 Å². The molecule has 0 bridgehead atoms. The lowest BCUT2D eigenvalue weighted by molar-refractivity contribution is 0.671. The Morgan fingerprint density at radius 3 is 3.00 bits per heavy atom. The van der Waals surface area contributed by atoms with E-state index in [1.807, 2.05) is 0 Å². The number of unbranched alkanes of at least 4 members (excludes halogenated alkanes) is 2. The van der Waals surface area contributed by atoms with Gasteiger partial charge in [-0.3, -0.25) is 0 Å². The van der Waals surface area contributed by atoms with Gasteiger partial charge in [-0.15, -0.1) is 0 Å². The fourth-order valence-corrected chi connectivity index (χ4v) is 1.97. The van der Waals surface area contributed by atoms with Crippen LogP contribution in [0.15, 0.2) is 35.6 Å². The van der Waals surface area contributed by atoms with Gasteiger partial charge in [0.2, 0.25) is 0 Å². The smallest absolute Gasteiger partial charge is 0.0147 e. The van der Waals surface area contributed by atoms with Gasteiger partial charge in [-0.25, -0.2) is 0 Å². The van der Waals surface area contributed by atoms with Gasteiger partial charge in [0.15, 0.2) is 0 Å². The highest BCUT2D eigenvalue weighted by Crippen LogP contribution is 2.17. The van der Waals surface area contributed by atoms with Gasteiger partial charge in [0.05, 0.1) is 0 Å². The lowest BCUT2D eigenvalue weighted by Gasteiger charge is -2.17. The molecule has 1 heterocycles. The molecule has 1 aliphatic heterocycles. The molecule has 0 saturated heterocycles. The van der Waals surface area contributed by atoms with Crippen molar-refractivity contribution in [2.24, 2.45) is 0 Å². The van der Waals surface area contributed by atoms with Crippen LogP contribution in [0.5, 0.6) is 0 Å². The van der Waals surface area contributed by atoms with Crippen LogP contribution in [-0.2, 0) is 0 Å². The highest BCUT2D eigenvalue weighted by molar-refractivity contribution is 5.30. The molecule has 0 unspecified atom stereocenters. The van der Waals surface area contributed by atoms with Crippen LogP contribution in [0.1, 0.15) is 53.8 Å². The van der Waals surface area contributed by atoms with Crippen molar-refractivity contribution in [3.05, 3.63) is 35.6 Å². The third-order valence-corrected chi connectivity index (χ3v) is 3.12. The van der Waals surface area contributed by atoms with Crippen molar-refractivity contribution in [1.82, 2.24) is 5.32 Å². The topological polar surface area (TPSA) is 12.0 Å². The molecule has 0 aliphatic carbocycles. The molecule has 1 N–H and O–H groups in total. The molecule has 1 nitrogen and oxygen atoms in total. The molecule has 0 aromatic rings. The normalized spacial score (nSPS) is 16.6. The molecule has 1 aliphatic rings. The lowest BCUT2D eigenvalue weighted by Crippen LogP contribution is -2.19. The molecule has 0 aromatic carbocycles. The second kappa shape index (κ2) is 7.32. The van der Waals surface area contributed by atoms with Crippen LogP contribution in [0.4, 0.5) is 0 Å². The minimum Gasteiger partial charge on any atom is -0.388 e. The van der Waals surface area contributed by atoms with Crippen LogP contribution in [-0.4, -0.2) is 6.54 Å². The van der Waals surface area contributed by atoms with Crippen LogP contribution in [0.2, 0.25) is 0 Å². The monoisotopic (exact) mass is 221 g/mol. The SMILES string of the molecule is C=C(/C=C\C1=C(C)NCCC1)CCCCC.[HH]. The Morgan fingerprint density at radius 2 is 2.31 bits per heavy atom. The summed E-state index contributed by atoms with van der Waals surface area (Å²) < 4.78 is 0. The molecule has 92 valence electrons. The van der Waals surface area contributed by atoms with E-state index in [2.05, 4.69) is 37.9 Å². The summed E-state index contributed by atoms with van der Waals surface area (Å²) in [5, 5.41) is 3.41. The fourth-order valence-electron chi connectivity index (χ4n) is 1.97. The minimum absolute atomic E-state index is 0. The quantitative estimate of drug-likeness (QED) is 0.511. The summed E-state index contributed by atoms with van der Waals surface area (Å²) >= 11 is 0. The molecule has 1 rings (SSSR count). The predicted octanol–water partition coefficient (Wildman–Crippen LogP) is 4.58. The number of hydrogen-bond donors (Lipinski definition) is 1. The van der Waals surface area contributed by atoms with Gasteiger partial charge in [-0.2, -0.15) is 0 Å². The Bertz CT molecular complexity index is 289. The fraction of sp³-hybridized carbons (Fsp3) is 0.600. The van der Waals surface area contributed by atoms with Crippen molar-refractivity contribution >= 4 is 0 Å². The number of allylic oxidation sites excluding steroid dienone is 5. The first-order valence-electron chi connectivity index (χ1n) is 6.53. The maximum absolute atomic E-state index is 4.11. The average molecular weight is 221 g/mol. The maximum atomic E-state index is 4.11. The molecule has 0 saturated carbocycles. The second-order valence-electron chi connectivity index (χ2n) is 4.63. The van der Waals surface area contributed by atoms with E-state index >= 15 is 0 Å². The van der Waals surface area contributed by atoms with E-state index in [-0.39, 0.29) is 1.43 Å². The van der Waals surface area contributed by atoms with Crippen molar-refractivity contribution in [3.63, 3.8) is 0 Å². The first kappa shape index (κ1) is 13.1. The molecule has 0 atom stereocenters. The Morgan fingerprint density at radius 1 is 1.50 bits per heavy atom. The summed E-state index contributed by atoms with van der Waals surface area (Å²) in [6.07, 6.45) is 11.9. The van der Waals surface area contributed by atoms with E-state index in [9.17, 15) is 0 Å². The number of nitrogens with one attached hydrogen (secondary N) is 1. The first-order chi connectivity index (χ1) is 7.74. The van der Waals surface area contributed by atoms with Gasteiger partial charge < -0.3 is 5.32 Å². The average Bonchev–Trinajstić information content (AvgIpc) is 2.28. The summed E-state index contributed by atoms with van der Waals surface area (Å²) in [5.74, 6) is 0. The van der Waals surface area contributed by atoms with E-state index in [0.29, 0.717) is 0 Å². The summed E-state index contributed by atoms with van der Waals surface area (Å²) in [6, 6.07) is 0. The van der Waals surface area contributed by atoms with Gasteiger partial charge in [0.25, 0.3) is 0 Å². The molecular weight excluding hydrogens is 194 g/mol. The highest BCUT2D eigenvalue weighted by Gasteiger charge is 2.04. The number of rotatable bonds is 6. The maximum Gasteiger partial charge on any atom is 0.0147 e. The van der Waals surface area contributed by atoms with Gasteiger partial charge in [0, 0.05) is 13.7 Å². The molecular formula is C15H27N. The Balaban J connectivity index is 0.00000256. The van der Waals surface area contributed by atoms with E-state index in [1.54, 1.807) is 0 Å². The summed E-state index contributed by atoms with van der Waals surface area (Å²) in [6.45, 7) is 9.63. The third kappa shape index (κ3) is 4.69. The van der Waals surface area contributed by atoms with E-state index in [4.69, 9.17) is 0 Å². The molecule has 0 radical (unpaired) electrons. The van der Waals surface area contributed by atoms with Crippen molar-refractivity contribution in [2.45, 2.75) is 52.4 Å². The summed E-state index contributed by atoms with van der Waals surface area (Å²) in [5.41, 5.74) is 4.05. The largest absolute Gasteiger partial charge is 0.388 e. The van der Waals surface area contributed by atoms with Crippen LogP contribution in [0.3, 0.4) is 0 Å². The second-order valence-corrected chi connectivity index (χ2v) is 4.63. The lowest BCUT2D eigenvalue weighted by atomic mass is 10.0. The van der Waals surface area contributed by atoms with Crippen LogP contribution >= 0.6 is 0 Å². The first-order valence-corrected chi connectivity index (χ1v) is 6.53. The zero-order valence-corrected chi connectivity index (χ0v) is 10.8. The Hall–Kier alpha value is -0.980. The van der Waals surface area contributed by atoms with Crippen LogP contribution in [0, 0.1) is 0 Å². The van der Waals surface area contributed by atoms with Crippen molar-refractivity contribution in [2.75, 3.05) is 6.54 Å². The van der Waals surface area contributed by atoms with Crippen molar-refractivity contribution in [3.8, 4) is 0 Å². The minimum atomic E-state index is 0. The van der Waals surface area contributed by atoms with E-state index < -0.39 is 0 Å². The summed E-state index contributed by atoms with van der Waals surface area (Å²) in [7, 11) is 0. The summed E-state index contributed by atoms with van der Waals surface area (Å²) in [4.78, 5) is 0. The van der Waals surface area contributed by atoms with Gasteiger partial charge in [0.1, 0.15) is 0 Å². The third-order valence-electron chi connectivity index (χ3n) is 3.12. The van der Waals surface area contributed by atoms with Gasteiger partial charge >= 0.3 is 0 Å². The van der Waals surface area contributed by atoms with Crippen LogP contribution in [0.25, 0.3) is 0 Å². The van der Waals surface area contributed by atoms with Gasteiger partial charge in [-0.05, 0) is 38.2 Å². The van der Waals surface area contributed by atoms with Crippen molar-refractivity contribution in [1.29, 1.82) is 0 Å². The zero-order valence-electron chi connectivity index (χ0n) is 10.8. The van der Waals surface area contributed by atoms with Gasteiger partial charge in [-0.1, -0.05) is 44.1 Å². The predicted molar refractivity (Wildman–Crippen MR) is 74.5 cm³/mol. The van der Waals surface area contributed by atoms with E-state index in [0.717, 1.165) is 13.0 Å².